The minimum Gasteiger partial charge on any atom is -0.444 e. The molecule has 1 saturated heterocycles. The van der Waals surface area contributed by atoms with E-state index in [0.29, 0.717) is 0 Å². The molecule has 12 heteroatoms. The average Bonchev–Trinajstić information content (AvgIpc) is 2.61. The molecule has 1 aliphatic rings. The van der Waals surface area contributed by atoms with Crippen LogP contribution in [0.25, 0.3) is 0 Å². The van der Waals surface area contributed by atoms with Gasteiger partial charge in [0.05, 0.1) is 0 Å². The van der Waals surface area contributed by atoms with Crippen molar-refractivity contribution in [2.45, 2.75) is 48.9 Å². The molecule has 0 aromatic carbocycles. The van der Waals surface area contributed by atoms with Crippen molar-refractivity contribution >= 4 is 23.8 Å². The third-order valence-electron chi connectivity index (χ3n) is 2.39. The number of alkyl halides is 6. The number of carbonyl (C=O) groups excluding carboxylic acids is 2. The highest BCUT2D eigenvalue weighted by Crippen LogP contribution is 2.57. The Morgan fingerprint density at radius 2 is 1.70 bits per heavy atom. The van der Waals surface area contributed by atoms with Gasteiger partial charge in [-0.15, -0.1) is 0 Å². The van der Waals surface area contributed by atoms with Crippen LogP contribution in [0.15, 0.2) is 0 Å². The van der Waals surface area contributed by atoms with E-state index >= 15 is 0 Å². The summed E-state index contributed by atoms with van der Waals surface area (Å²) in [6, 6.07) is 0. The van der Waals surface area contributed by atoms with Crippen molar-refractivity contribution in [1.29, 1.82) is 0 Å². The van der Waals surface area contributed by atoms with Gasteiger partial charge in [0.25, 0.3) is 0 Å². The highest BCUT2D eigenvalue weighted by Gasteiger charge is 2.78. The molecule has 1 atom stereocenters. The summed E-state index contributed by atoms with van der Waals surface area (Å²) < 4.78 is 84.9. The minimum atomic E-state index is -5.85. The van der Waals surface area contributed by atoms with Crippen molar-refractivity contribution < 1.29 is 45.4 Å². The predicted octanol–water partition coefficient (Wildman–Crippen LogP) is 2.99. The average molecular weight is 369 g/mol. The highest BCUT2D eigenvalue weighted by atomic mass is 32.2. The van der Waals surface area contributed by atoms with Gasteiger partial charge >= 0.3 is 29.3 Å². The van der Waals surface area contributed by atoms with Crippen molar-refractivity contribution in [3.8, 4) is 0 Å². The summed E-state index contributed by atoms with van der Waals surface area (Å²) in [6.45, 7) is 3.71. The van der Waals surface area contributed by atoms with Crippen LogP contribution in [0, 0.1) is 0 Å². The largest absolute Gasteiger partial charge is 0.448 e. The topological polar surface area (TPSA) is 64.6 Å². The van der Waals surface area contributed by atoms with Crippen LogP contribution in [0.1, 0.15) is 20.8 Å². The van der Waals surface area contributed by atoms with E-state index in [4.69, 9.17) is 4.74 Å². The lowest BCUT2D eigenvalue weighted by Crippen LogP contribution is -2.54. The van der Waals surface area contributed by atoms with Gasteiger partial charge in [0.1, 0.15) is 10.9 Å². The molecule has 134 valence electrons. The molecule has 1 amide bonds. The molecule has 0 saturated carbocycles. The quantitative estimate of drug-likeness (QED) is 0.599. The zero-order chi connectivity index (χ0) is 18.3. The molecule has 1 heterocycles. The highest BCUT2D eigenvalue weighted by molar-refractivity contribution is 8.02. The monoisotopic (exact) mass is 369 g/mol. The number of alkyl carbamates (subject to hydrolysis) is 1. The van der Waals surface area contributed by atoms with Crippen LogP contribution in [0.2, 0.25) is 0 Å². The molecule has 5 nitrogen and oxygen atoms in total. The van der Waals surface area contributed by atoms with Crippen LogP contribution in [0.3, 0.4) is 0 Å². The molecule has 0 aromatic rings. The number of hydrogen-bond acceptors (Lipinski definition) is 5. The van der Waals surface area contributed by atoms with E-state index in [-0.39, 0.29) is 0 Å². The van der Waals surface area contributed by atoms with E-state index in [9.17, 15) is 35.9 Å². The zero-order valence-electron chi connectivity index (χ0n) is 12.1. The van der Waals surface area contributed by atoms with E-state index < -0.39 is 58.5 Å². The molecular weight excluding hydrogens is 356 g/mol. The first kappa shape index (κ1) is 19.7. The van der Waals surface area contributed by atoms with Gasteiger partial charge < -0.3 is 14.8 Å². The van der Waals surface area contributed by atoms with Crippen molar-refractivity contribution in [1.82, 2.24) is 5.32 Å². The molecule has 23 heavy (non-hydrogen) atoms. The first-order chi connectivity index (χ1) is 10.1. The van der Waals surface area contributed by atoms with Gasteiger partial charge in [0, 0.05) is 6.54 Å². The Bertz CT molecular complexity index is 470. The van der Waals surface area contributed by atoms with Gasteiger partial charge in [-0.05, 0) is 20.8 Å². The molecule has 1 unspecified atom stereocenters. The predicted molar refractivity (Wildman–Crippen MR) is 66.5 cm³/mol. The normalized spacial score (nSPS) is 21.8. The van der Waals surface area contributed by atoms with Gasteiger partial charge in [-0.3, -0.25) is 4.79 Å². The fraction of sp³-hybridized carbons (Fsp3) is 0.818. The molecule has 1 fully saturated rings. The minimum absolute atomic E-state index is 0.752. The Labute approximate surface area is 131 Å². The molecule has 0 radical (unpaired) electrons. The van der Waals surface area contributed by atoms with Crippen molar-refractivity contribution in [2.24, 2.45) is 0 Å². The number of esters is 1. The second kappa shape index (κ2) is 5.95. The van der Waals surface area contributed by atoms with Crippen molar-refractivity contribution in [3.05, 3.63) is 0 Å². The summed E-state index contributed by atoms with van der Waals surface area (Å²) in [6.07, 6.45) is -12.8. The van der Waals surface area contributed by atoms with Gasteiger partial charge in [-0.25, -0.2) is 4.79 Å². The van der Waals surface area contributed by atoms with Crippen molar-refractivity contribution in [2.75, 3.05) is 6.54 Å². The Hall–Kier alpha value is -1.33. The molecule has 0 aliphatic carbocycles. The van der Waals surface area contributed by atoms with E-state index in [2.05, 4.69) is 4.74 Å². The first-order valence-electron chi connectivity index (χ1n) is 6.10. The van der Waals surface area contributed by atoms with Crippen LogP contribution < -0.4 is 5.32 Å². The molecule has 1 aliphatic heterocycles. The SMILES string of the molecule is CC(C)(C)OC(=O)NCC1SC(C(F)(F)F)(C(F)(F)F)OC1=O. The van der Waals surface area contributed by atoms with Crippen LogP contribution in [0.4, 0.5) is 31.1 Å². The Morgan fingerprint density at radius 3 is 2.04 bits per heavy atom. The van der Waals surface area contributed by atoms with Gasteiger partial charge in [0.2, 0.25) is 0 Å². The number of nitrogens with one attached hydrogen (secondary N) is 1. The van der Waals surface area contributed by atoms with Gasteiger partial charge in [-0.2, -0.15) is 26.3 Å². The molecule has 1 rings (SSSR count). The third kappa shape index (κ3) is 4.36. The summed E-state index contributed by atoms with van der Waals surface area (Å²) in [5, 5.41) is 0.0650. The molecule has 0 aromatic heterocycles. The molecular formula is C11H13F6NO4S. The lowest BCUT2D eigenvalue weighted by atomic mass is 10.2. The van der Waals surface area contributed by atoms with Crippen LogP contribution in [-0.4, -0.2) is 46.7 Å². The number of amides is 1. The van der Waals surface area contributed by atoms with Crippen LogP contribution >= 0.6 is 11.8 Å². The maximum absolute atomic E-state index is 12.7. The summed E-state index contributed by atoms with van der Waals surface area (Å²) in [5.74, 6) is -1.72. The fourth-order valence-corrected chi connectivity index (χ4v) is 2.61. The van der Waals surface area contributed by atoms with E-state index in [1.807, 2.05) is 5.32 Å². The molecule has 0 bridgehead atoms. The second-order valence-corrected chi connectivity index (χ2v) is 6.90. The number of ether oxygens (including phenoxy) is 2. The Balaban J connectivity index is 2.82. The summed E-state index contributed by atoms with van der Waals surface area (Å²) >= 11 is -0.752. The Kier molecular flexibility index (Phi) is 5.10. The standard InChI is InChI=1S/C11H13F6NO4S/c1-8(2,3)22-7(20)18-4-5-6(19)21-9(23-5,10(12,13)14)11(15,16)17/h5H,4H2,1-3H3,(H,18,20). The second-order valence-electron chi connectivity index (χ2n) is 5.52. The number of rotatable bonds is 2. The van der Waals surface area contributed by atoms with E-state index in [0.717, 1.165) is 0 Å². The lowest BCUT2D eigenvalue weighted by Gasteiger charge is -2.30. The Morgan fingerprint density at radius 1 is 1.22 bits per heavy atom. The molecule has 1 N–H and O–H groups in total. The maximum atomic E-state index is 12.7. The van der Waals surface area contributed by atoms with Gasteiger partial charge in [-0.1, -0.05) is 11.8 Å². The fourth-order valence-electron chi connectivity index (χ4n) is 1.51. The summed E-state index contributed by atoms with van der Waals surface area (Å²) in [4.78, 5) is 18.0. The van der Waals surface area contributed by atoms with Crippen molar-refractivity contribution in [3.63, 3.8) is 0 Å². The maximum Gasteiger partial charge on any atom is 0.448 e. The van der Waals surface area contributed by atoms with Crippen LogP contribution in [-0.2, 0) is 14.3 Å². The third-order valence-corrected chi connectivity index (χ3v) is 3.91. The summed E-state index contributed by atoms with van der Waals surface area (Å²) in [7, 11) is 0. The van der Waals surface area contributed by atoms with E-state index in [1.54, 1.807) is 0 Å². The first-order valence-corrected chi connectivity index (χ1v) is 6.98. The smallest absolute Gasteiger partial charge is 0.444 e. The lowest BCUT2D eigenvalue weighted by molar-refractivity contribution is -0.327. The number of halogens is 6. The van der Waals surface area contributed by atoms with E-state index in [1.165, 1.54) is 20.8 Å². The summed E-state index contributed by atoms with van der Waals surface area (Å²) in [5.41, 5.74) is -0.922. The number of hydrogen-bond donors (Lipinski definition) is 1. The van der Waals surface area contributed by atoms with Gasteiger partial charge in [0.15, 0.2) is 0 Å². The zero-order valence-corrected chi connectivity index (χ0v) is 12.9. The van der Waals surface area contributed by atoms with Crippen LogP contribution in [0.5, 0.6) is 0 Å². The number of cyclic esters (lactones) is 1. The number of carbonyl (C=O) groups is 2. The number of thioether (sulfide) groups is 1. The molecule has 0 spiro atoms.